The summed E-state index contributed by atoms with van der Waals surface area (Å²) in [6, 6.07) is 15.5. The van der Waals surface area contributed by atoms with E-state index in [1.54, 1.807) is 36.7 Å². The largest absolute Gasteiger partial charge is 0.289 e. The van der Waals surface area contributed by atoms with E-state index in [1.807, 2.05) is 13.8 Å². The first-order chi connectivity index (χ1) is 14.5. The molecular weight excluding hydrogens is 382 g/mol. The number of halogens is 2. The molecule has 30 heavy (non-hydrogen) atoms. The van der Waals surface area contributed by atoms with Crippen LogP contribution >= 0.6 is 0 Å². The number of ketones is 1. The first-order valence-corrected chi connectivity index (χ1v) is 9.43. The number of carbonyl (C=O) groups excluding carboxylic acids is 1. The molecule has 0 N–H and O–H groups in total. The molecule has 5 heteroatoms. The van der Waals surface area contributed by atoms with Gasteiger partial charge in [0.05, 0.1) is 11.4 Å². The Hall–Kier alpha value is -3.73. The molecule has 0 spiro atoms. The van der Waals surface area contributed by atoms with Gasteiger partial charge in [-0.25, -0.2) is 8.78 Å². The van der Waals surface area contributed by atoms with Gasteiger partial charge in [0.25, 0.3) is 0 Å². The smallest absolute Gasteiger partial charge is 0.194 e. The van der Waals surface area contributed by atoms with Crippen LogP contribution in [0.25, 0.3) is 22.5 Å². The molecule has 4 aromatic rings. The van der Waals surface area contributed by atoms with E-state index in [1.165, 1.54) is 36.4 Å². The van der Waals surface area contributed by atoms with Crippen LogP contribution in [0.2, 0.25) is 0 Å². The Morgan fingerprint density at radius 3 is 1.47 bits per heavy atom. The van der Waals surface area contributed by atoms with E-state index in [4.69, 9.17) is 0 Å². The van der Waals surface area contributed by atoms with Crippen molar-refractivity contribution in [2.24, 2.45) is 0 Å². The highest BCUT2D eigenvalue weighted by atomic mass is 19.1. The van der Waals surface area contributed by atoms with Crippen LogP contribution in [0, 0.1) is 25.5 Å². The van der Waals surface area contributed by atoms with E-state index in [-0.39, 0.29) is 22.3 Å². The molecule has 0 saturated heterocycles. The summed E-state index contributed by atoms with van der Waals surface area (Å²) in [5.41, 5.74) is 2.93. The Kier molecular flexibility index (Phi) is 5.19. The van der Waals surface area contributed by atoms with E-state index >= 15 is 0 Å². The molecule has 0 unspecified atom stereocenters. The van der Waals surface area contributed by atoms with Crippen LogP contribution in [0.3, 0.4) is 0 Å². The third-order valence-electron chi connectivity index (χ3n) is 4.85. The summed E-state index contributed by atoms with van der Waals surface area (Å²) in [5.74, 6) is -1.63. The second-order valence-electron chi connectivity index (χ2n) is 7.10. The van der Waals surface area contributed by atoms with Gasteiger partial charge in [-0.3, -0.25) is 14.8 Å². The van der Waals surface area contributed by atoms with E-state index in [0.29, 0.717) is 11.4 Å². The minimum Gasteiger partial charge on any atom is -0.289 e. The molecule has 2 heterocycles. The third kappa shape index (κ3) is 3.62. The van der Waals surface area contributed by atoms with Crippen molar-refractivity contribution in [2.45, 2.75) is 13.8 Å². The molecule has 0 fully saturated rings. The third-order valence-corrected chi connectivity index (χ3v) is 4.85. The number of nitrogens with zero attached hydrogens (tertiary/aromatic N) is 2. The summed E-state index contributed by atoms with van der Waals surface area (Å²) in [7, 11) is 0. The zero-order valence-corrected chi connectivity index (χ0v) is 16.5. The van der Waals surface area contributed by atoms with Gasteiger partial charge in [-0.1, -0.05) is 36.4 Å². The fourth-order valence-corrected chi connectivity index (χ4v) is 3.32. The van der Waals surface area contributed by atoms with Gasteiger partial charge in [-0.05, 0) is 49.2 Å². The quantitative estimate of drug-likeness (QED) is 0.398. The Labute approximate surface area is 173 Å². The summed E-state index contributed by atoms with van der Waals surface area (Å²) < 4.78 is 29.6. The first-order valence-electron chi connectivity index (χ1n) is 9.43. The van der Waals surface area contributed by atoms with E-state index < -0.39 is 17.4 Å². The van der Waals surface area contributed by atoms with Gasteiger partial charge in [0.2, 0.25) is 0 Å². The maximum absolute atomic E-state index is 14.8. The minimum atomic E-state index is -0.566. The summed E-state index contributed by atoms with van der Waals surface area (Å²) >= 11 is 0. The fraction of sp³-hybridized carbons (Fsp3) is 0.0800. The van der Waals surface area contributed by atoms with Crippen LogP contribution in [0.4, 0.5) is 8.78 Å². The number of rotatable bonds is 4. The zero-order valence-electron chi connectivity index (χ0n) is 16.5. The highest BCUT2D eigenvalue weighted by molar-refractivity contribution is 6.15. The number of carbonyl (C=O) groups is 1. The number of hydrogen-bond donors (Lipinski definition) is 0. The first kappa shape index (κ1) is 19.6. The van der Waals surface area contributed by atoms with Gasteiger partial charge in [0, 0.05) is 34.6 Å². The van der Waals surface area contributed by atoms with Crippen molar-refractivity contribution in [1.82, 2.24) is 9.97 Å². The van der Waals surface area contributed by atoms with E-state index in [0.717, 1.165) is 11.1 Å². The predicted octanol–water partition coefficient (Wildman–Crippen LogP) is 5.94. The molecule has 148 valence electrons. The molecule has 0 aliphatic carbocycles. The molecule has 0 bridgehead atoms. The van der Waals surface area contributed by atoms with Gasteiger partial charge in [0.1, 0.15) is 11.6 Å². The second-order valence-corrected chi connectivity index (χ2v) is 7.10. The fourth-order valence-electron chi connectivity index (χ4n) is 3.32. The summed E-state index contributed by atoms with van der Waals surface area (Å²) in [6.07, 6.45) is 3.22. The van der Waals surface area contributed by atoms with Crippen LogP contribution in [-0.2, 0) is 0 Å². The Balaban J connectivity index is 1.90. The molecular formula is C25H18F2N2O. The van der Waals surface area contributed by atoms with Gasteiger partial charge in [0.15, 0.2) is 5.78 Å². The van der Waals surface area contributed by atoms with Crippen LogP contribution < -0.4 is 0 Å². The number of aryl methyl sites for hydroxylation is 2. The molecule has 2 aromatic heterocycles. The minimum absolute atomic E-state index is 0.0922. The molecule has 0 atom stereocenters. The zero-order chi connectivity index (χ0) is 21.3. The predicted molar refractivity (Wildman–Crippen MR) is 112 cm³/mol. The lowest BCUT2D eigenvalue weighted by Crippen LogP contribution is -2.09. The van der Waals surface area contributed by atoms with Gasteiger partial charge < -0.3 is 0 Å². The van der Waals surface area contributed by atoms with Gasteiger partial charge >= 0.3 is 0 Å². The Morgan fingerprint density at radius 2 is 1.10 bits per heavy atom. The highest BCUT2D eigenvalue weighted by Crippen LogP contribution is 2.32. The SMILES string of the molecule is Cc1ccc(-c2c(F)cccc2C(=O)c2cccc(F)c2-c2ccc(C)cn2)nc1. The second kappa shape index (κ2) is 7.95. The molecule has 2 aromatic carbocycles. The molecule has 0 amide bonds. The van der Waals surface area contributed by atoms with Crippen molar-refractivity contribution in [3.8, 4) is 22.5 Å². The number of hydrogen-bond acceptors (Lipinski definition) is 3. The van der Waals surface area contributed by atoms with Crippen LogP contribution in [0.15, 0.2) is 73.1 Å². The lowest BCUT2D eigenvalue weighted by Gasteiger charge is -2.13. The number of aromatic nitrogens is 2. The normalized spacial score (nSPS) is 10.8. The van der Waals surface area contributed by atoms with Gasteiger partial charge in [-0.15, -0.1) is 0 Å². The topological polar surface area (TPSA) is 42.9 Å². The van der Waals surface area contributed by atoms with Crippen molar-refractivity contribution in [3.63, 3.8) is 0 Å². The summed E-state index contributed by atoms with van der Waals surface area (Å²) in [5, 5.41) is 0. The number of pyridine rings is 2. The monoisotopic (exact) mass is 400 g/mol. The lowest BCUT2D eigenvalue weighted by molar-refractivity contribution is 0.103. The van der Waals surface area contributed by atoms with Gasteiger partial charge in [-0.2, -0.15) is 0 Å². The van der Waals surface area contributed by atoms with Crippen molar-refractivity contribution >= 4 is 5.78 Å². The Bertz CT molecular complexity index is 1140. The van der Waals surface area contributed by atoms with Crippen molar-refractivity contribution in [1.29, 1.82) is 0 Å². The van der Waals surface area contributed by atoms with Crippen LogP contribution in [-0.4, -0.2) is 15.8 Å². The van der Waals surface area contributed by atoms with Crippen LogP contribution in [0.1, 0.15) is 27.0 Å². The number of benzene rings is 2. The van der Waals surface area contributed by atoms with E-state index in [2.05, 4.69) is 9.97 Å². The molecule has 0 aliphatic heterocycles. The summed E-state index contributed by atoms with van der Waals surface area (Å²) in [6.45, 7) is 3.75. The standard InChI is InChI=1S/C25H18F2N2O/c1-15-9-11-21(28-13-15)23-17(5-3-7-19(23)26)25(30)18-6-4-8-20(27)24(18)22-12-10-16(2)14-29-22/h3-14H,1-2H3. The average Bonchev–Trinajstić information content (AvgIpc) is 2.74. The molecule has 0 radical (unpaired) electrons. The maximum Gasteiger partial charge on any atom is 0.194 e. The van der Waals surface area contributed by atoms with Crippen molar-refractivity contribution in [2.75, 3.05) is 0 Å². The molecule has 3 nitrogen and oxygen atoms in total. The highest BCUT2D eigenvalue weighted by Gasteiger charge is 2.23. The van der Waals surface area contributed by atoms with Crippen molar-refractivity contribution < 1.29 is 13.6 Å². The lowest BCUT2D eigenvalue weighted by atomic mass is 9.91. The average molecular weight is 400 g/mol. The van der Waals surface area contributed by atoms with Crippen molar-refractivity contribution in [3.05, 3.63) is 107 Å². The molecule has 0 saturated carbocycles. The van der Waals surface area contributed by atoms with E-state index in [9.17, 15) is 13.6 Å². The summed E-state index contributed by atoms with van der Waals surface area (Å²) in [4.78, 5) is 22.0. The maximum atomic E-state index is 14.8. The molecule has 0 aliphatic rings. The molecule has 4 rings (SSSR count). The van der Waals surface area contributed by atoms with Crippen LogP contribution in [0.5, 0.6) is 0 Å². The Morgan fingerprint density at radius 1 is 0.667 bits per heavy atom.